The molecule has 1 atom stereocenters. The Labute approximate surface area is 243 Å². The Balaban J connectivity index is 1.43. The number of aromatic nitrogens is 2. The topological polar surface area (TPSA) is 82.6 Å². The molecule has 3 aromatic carbocycles. The van der Waals surface area contributed by atoms with Crippen LogP contribution in [-0.4, -0.2) is 46.1 Å². The number of amides is 1. The minimum Gasteiger partial charge on any atom is -0.489 e. The van der Waals surface area contributed by atoms with Gasteiger partial charge in [-0.05, 0) is 56.6 Å². The normalized spacial score (nSPS) is 15.4. The molecule has 5 rings (SSSR count). The summed E-state index contributed by atoms with van der Waals surface area (Å²) in [7, 11) is 0. The van der Waals surface area contributed by atoms with Crippen LogP contribution in [-0.2, 0) is 0 Å². The number of carbonyl (C=O) groups excluding carboxylic acids is 1. The number of primary amides is 1. The van der Waals surface area contributed by atoms with Gasteiger partial charge in [0.1, 0.15) is 30.0 Å². The predicted octanol–water partition coefficient (Wildman–Crippen LogP) is 6.72. The number of imidazole rings is 1. The summed E-state index contributed by atoms with van der Waals surface area (Å²) < 4.78 is 14.5. The van der Waals surface area contributed by atoms with Crippen molar-refractivity contribution in [2.45, 2.75) is 43.8 Å². The number of nitrogens with zero attached hydrogens (tertiary/aromatic N) is 3. The molecule has 0 saturated carbocycles. The first-order valence-corrected chi connectivity index (χ1v) is 14.1. The Morgan fingerprint density at radius 2 is 1.92 bits per heavy atom. The van der Waals surface area contributed by atoms with Gasteiger partial charge in [-0.3, -0.25) is 9.36 Å². The lowest BCUT2D eigenvalue weighted by Crippen LogP contribution is -2.38. The van der Waals surface area contributed by atoms with Crippen molar-refractivity contribution in [1.82, 2.24) is 14.5 Å². The number of ether oxygens (including phenoxy) is 2. The van der Waals surface area contributed by atoms with E-state index in [4.69, 9.17) is 38.4 Å². The van der Waals surface area contributed by atoms with Gasteiger partial charge in [0.15, 0.2) is 0 Å². The summed E-state index contributed by atoms with van der Waals surface area (Å²) in [6.45, 7) is 7.15. The molecule has 2 N–H and O–H groups in total. The van der Waals surface area contributed by atoms with E-state index in [1.165, 1.54) is 0 Å². The molecule has 39 heavy (non-hydrogen) atoms. The molecule has 1 aromatic heterocycles. The van der Waals surface area contributed by atoms with Crippen molar-refractivity contribution in [2.24, 2.45) is 5.73 Å². The third-order valence-corrected chi connectivity index (χ3v) is 8.22. The Morgan fingerprint density at radius 1 is 1.15 bits per heavy atom. The standard InChI is InChI=1S/C29H30Cl2N4O3S/c1-3-34-11-9-20(10-12-34)38-25-6-4-5-21(27(25)31)17(2)37-26-15-19(14-22(28(26)39)29(32)36)35-16-33-23-13-18(30)7-8-24(23)35/h4-8,13-17,20,39H,3,9-12H2,1-2H3,(H2,32,36)/t17-/m1/s1. The van der Waals surface area contributed by atoms with Crippen LogP contribution in [0, 0.1) is 0 Å². The van der Waals surface area contributed by atoms with Crippen molar-refractivity contribution in [3.8, 4) is 17.2 Å². The van der Waals surface area contributed by atoms with Gasteiger partial charge in [0.25, 0.3) is 0 Å². The zero-order valence-corrected chi connectivity index (χ0v) is 24.1. The molecule has 10 heteroatoms. The zero-order chi connectivity index (χ0) is 27.7. The number of likely N-dealkylation sites (tertiary alicyclic amines) is 1. The number of rotatable bonds is 8. The zero-order valence-electron chi connectivity index (χ0n) is 21.7. The molecular weight excluding hydrogens is 555 g/mol. The molecule has 0 radical (unpaired) electrons. The second kappa shape index (κ2) is 11.7. The van der Waals surface area contributed by atoms with Gasteiger partial charge >= 0.3 is 0 Å². The summed E-state index contributed by atoms with van der Waals surface area (Å²) in [6.07, 6.45) is 3.23. The first-order chi connectivity index (χ1) is 18.7. The number of benzene rings is 3. The molecular formula is C29H30Cl2N4O3S. The number of piperidine rings is 1. The third-order valence-electron chi connectivity index (χ3n) is 7.12. The summed E-state index contributed by atoms with van der Waals surface area (Å²) in [5.74, 6) is 0.414. The van der Waals surface area contributed by atoms with E-state index in [1.807, 2.05) is 35.8 Å². The molecule has 0 aliphatic carbocycles. The molecule has 2 heterocycles. The molecule has 1 amide bonds. The van der Waals surface area contributed by atoms with Crippen LogP contribution >= 0.6 is 35.8 Å². The highest BCUT2D eigenvalue weighted by atomic mass is 35.5. The van der Waals surface area contributed by atoms with Crippen molar-refractivity contribution in [2.75, 3.05) is 19.6 Å². The van der Waals surface area contributed by atoms with E-state index in [-0.39, 0.29) is 11.7 Å². The number of nitrogens with two attached hydrogens (primary N) is 1. The highest BCUT2D eigenvalue weighted by Crippen LogP contribution is 2.38. The number of thiol groups is 1. The summed E-state index contributed by atoms with van der Waals surface area (Å²) >= 11 is 17.5. The molecule has 4 aromatic rings. The van der Waals surface area contributed by atoms with E-state index < -0.39 is 12.0 Å². The minimum absolute atomic E-state index is 0.121. The van der Waals surface area contributed by atoms with Gasteiger partial charge in [-0.25, -0.2) is 4.98 Å². The first kappa shape index (κ1) is 27.6. The summed E-state index contributed by atoms with van der Waals surface area (Å²) in [4.78, 5) is 19.5. The Hall–Kier alpha value is -2.91. The molecule has 7 nitrogen and oxygen atoms in total. The molecule has 1 aliphatic heterocycles. The van der Waals surface area contributed by atoms with Crippen LogP contribution in [0.1, 0.15) is 48.7 Å². The van der Waals surface area contributed by atoms with Crippen LogP contribution in [0.4, 0.5) is 0 Å². The monoisotopic (exact) mass is 584 g/mol. The van der Waals surface area contributed by atoms with Gasteiger partial charge in [0, 0.05) is 29.7 Å². The number of hydrogen-bond donors (Lipinski definition) is 2. The number of carbonyl (C=O) groups is 1. The second-order valence-corrected chi connectivity index (χ2v) is 10.9. The third kappa shape index (κ3) is 5.84. The second-order valence-electron chi connectivity index (χ2n) is 9.62. The maximum absolute atomic E-state index is 12.3. The van der Waals surface area contributed by atoms with E-state index in [0.717, 1.165) is 49.1 Å². The number of hydrogen-bond acceptors (Lipinski definition) is 6. The molecule has 1 aliphatic rings. The van der Waals surface area contributed by atoms with Crippen molar-refractivity contribution < 1.29 is 14.3 Å². The SMILES string of the molecule is CCN1CCC(Oc2cccc([C@@H](C)Oc3cc(-n4cnc5cc(Cl)ccc54)cc(C(N)=O)c3S)c2Cl)CC1. The van der Waals surface area contributed by atoms with E-state index in [1.54, 1.807) is 30.6 Å². The molecule has 1 fully saturated rings. The van der Waals surface area contributed by atoms with Crippen LogP contribution in [0.15, 0.2) is 59.8 Å². The van der Waals surface area contributed by atoms with Gasteiger partial charge in [-0.2, -0.15) is 0 Å². The average molecular weight is 586 g/mol. The fraction of sp³-hybridized carbons (Fsp3) is 0.310. The highest BCUT2D eigenvalue weighted by molar-refractivity contribution is 7.80. The average Bonchev–Trinajstić information content (AvgIpc) is 3.34. The summed E-state index contributed by atoms with van der Waals surface area (Å²) in [6, 6.07) is 14.6. The van der Waals surface area contributed by atoms with Gasteiger partial charge in [-0.1, -0.05) is 42.3 Å². The largest absolute Gasteiger partial charge is 0.489 e. The first-order valence-electron chi connectivity index (χ1n) is 12.9. The molecule has 0 bridgehead atoms. The lowest BCUT2D eigenvalue weighted by molar-refractivity contribution is 0.0996. The van der Waals surface area contributed by atoms with Gasteiger partial charge in [0.2, 0.25) is 5.91 Å². The smallest absolute Gasteiger partial charge is 0.250 e. The van der Waals surface area contributed by atoms with E-state index in [0.29, 0.717) is 32.1 Å². The van der Waals surface area contributed by atoms with Crippen molar-refractivity contribution in [3.63, 3.8) is 0 Å². The van der Waals surface area contributed by atoms with Gasteiger partial charge < -0.3 is 20.1 Å². The minimum atomic E-state index is -0.616. The maximum atomic E-state index is 12.3. The molecule has 204 valence electrons. The Morgan fingerprint density at radius 3 is 2.64 bits per heavy atom. The number of halogens is 2. The van der Waals surface area contributed by atoms with Crippen molar-refractivity contribution >= 4 is 52.8 Å². The lowest BCUT2D eigenvalue weighted by Gasteiger charge is -2.31. The number of fused-ring (bicyclic) bond motifs is 1. The molecule has 1 saturated heterocycles. The quantitative estimate of drug-likeness (QED) is 0.224. The van der Waals surface area contributed by atoms with Crippen LogP contribution in [0.25, 0.3) is 16.7 Å². The van der Waals surface area contributed by atoms with Gasteiger partial charge in [-0.15, -0.1) is 12.6 Å². The summed E-state index contributed by atoms with van der Waals surface area (Å²) in [5, 5.41) is 1.09. The van der Waals surface area contributed by atoms with Gasteiger partial charge in [0.05, 0.1) is 32.2 Å². The van der Waals surface area contributed by atoms with E-state index >= 15 is 0 Å². The predicted molar refractivity (Wildman–Crippen MR) is 158 cm³/mol. The van der Waals surface area contributed by atoms with Crippen molar-refractivity contribution in [1.29, 1.82) is 0 Å². The fourth-order valence-corrected chi connectivity index (χ4v) is 5.69. The Kier molecular flexibility index (Phi) is 8.28. The molecule has 0 spiro atoms. The van der Waals surface area contributed by atoms with Crippen LogP contribution < -0.4 is 15.2 Å². The summed E-state index contributed by atoms with van der Waals surface area (Å²) in [5.41, 5.74) is 8.89. The highest BCUT2D eigenvalue weighted by Gasteiger charge is 2.23. The lowest BCUT2D eigenvalue weighted by atomic mass is 10.1. The van der Waals surface area contributed by atoms with Crippen molar-refractivity contribution in [3.05, 3.63) is 76.0 Å². The molecule has 0 unspecified atom stereocenters. The maximum Gasteiger partial charge on any atom is 0.250 e. The fourth-order valence-electron chi connectivity index (χ4n) is 4.91. The van der Waals surface area contributed by atoms with Crippen LogP contribution in [0.5, 0.6) is 11.5 Å². The Bertz CT molecular complexity index is 1520. The van der Waals surface area contributed by atoms with E-state index in [9.17, 15) is 4.79 Å². The van der Waals surface area contributed by atoms with Crippen LogP contribution in [0.2, 0.25) is 10.0 Å². The van der Waals surface area contributed by atoms with Crippen LogP contribution in [0.3, 0.4) is 0 Å². The van der Waals surface area contributed by atoms with E-state index in [2.05, 4.69) is 29.4 Å².